The summed E-state index contributed by atoms with van der Waals surface area (Å²) in [6, 6.07) is 0. The van der Waals surface area contributed by atoms with Gasteiger partial charge in [0, 0.05) is 32.7 Å². The van der Waals surface area contributed by atoms with Crippen molar-refractivity contribution in [2.45, 2.75) is 6.92 Å². The number of carbonyl (C=O) groups is 4. The first-order chi connectivity index (χ1) is 12.9. The second-order valence-corrected chi connectivity index (χ2v) is 3.96. The van der Waals surface area contributed by atoms with Crippen LogP contribution in [0.2, 0.25) is 0 Å². The van der Waals surface area contributed by atoms with E-state index in [1.54, 1.807) is 0 Å². The fraction of sp³-hybridized carbons (Fsp3) is 0.583. The van der Waals surface area contributed by atoms with E-state index in [1.807, 2.05) is 6.92 Å². The standard InChI is InChI=1S/C12H21N4O8.N3.Y/c1-3-14-5-10(18)22-8-24-12(20)16-6-15-11(19)23-7-21-9(17)4-13-2;1-3-2;/h13-14H,2-8H2,1H3,(H,15,19)(H,16,20);;/q2*-1;. The van der Waals surface area contributed by atoms with Crippen LogP contribution in [0.15, 0.2) is 0 Å². The molecule has 157 valence electrons. The van der Waals surface area contributed by atoms with Gasteiger partial charge < -0.3 is 51.3 Å². The van der Waals surface area contributed by atoms with Gasteiger partial charge in [0.15, 0.2) is 0 Å². The van der Waals surface area contributed by atoms with Crippen LogP contribution in [0.1, 0.15) is 6.92 Å². The molecule has 0 rings (SSSR count). The van der Waals surface area contributed by atoms with Crippen LogP contribution in [0.4, 0.5) is 9.59 Å². The first-order valence-electron chi connectivity index (χ1n) is 7.22. The number of likely N-dealkylation sites (N-methyl/N-ethyl adjacent to an activating group) is 1. The van der Waals surface area contributed by atoms with E-state index in [0.717, 1.165) is 0 Å². The van der Waals surface area contributed by atoms with Gasteiger partial charge in [-0.15, -0.1) is 0 Å². The van der Waals surface area contributed by atoms with Gasteiger partial charge in [-0.05, 0) is 6.54 Å². The molecule has 0 aliphatic rings. The molecule has 0 atom stereocenters. The number of hydrogen-bond acceptors (Lipinski definition) is 10. The molecular weight excluding hydrogens is 459 g/mol. The Morgan fingerprint density at radius 2 is 1.32 bits per heavy atom. The quantitative estimate of drug-likeness (QED) is 0.0725. The van der Waals surface area contributed by atoms with E-state index in [9.17, 15) is 19.2 Å². The van der Waals surface area contributed by atoms with Crippen molar-refractivity contribution in [1.29, 1.82) is 0 Å². The van der Waals surface area contributed by atoms with E-state index in [2.05, 4.69) is 47.3 Å². The number of hydrogen-bond donors (Lipinski definition) is 4. The summed E-state index contributed by atoms with van der Waals surface area (Å²) >= 11 is 0. The zero-order chi connectivity index (χ0) is 20.9. The average molecular weight is 480 g/mol. The topological polar surface area (TPSA) is 212 Å². The van der Waals surface area contributed by atoms with Crippen LogP contribution < -0.4 is 21.3 Å². The van der Waals surface area contributed by atoms with Crippen LogP contribution >= 0.6 is 0 Å². The molecule has 0 bridgehead atoms. The predicted molar refractivity (Wildman–Crippen MR) is 88.0 cm³/mol. The molecule has 0 spiro atoms. The molecule has 1 radical (unpaired) electrons. The Balaban J connectivity index is -0.00000146. The third-order valence-corrected chi connectivity index (χ3v) is 2.07. The molecule has 0 unspecified atom stereocenters. The van der Waals surface area contributed by atoms with Crippen molar-refractivity contribution >= 4 is 24.1 Å². The number of carbonyl (C=O) groups excluding carboxylic acids is 4. The van der Waals surface area contributed by atoms with Gasteiger partial charge in [0.05, 0.1) is 19.8 Å². The molecule has 0 aliphatic carbocycles. The van der Waals surface area contributed by atoms with Crippen molar-refractivity contribution in [1.82, 2.24) is 21.3 Å². The second-order valence-electron chi connectivity index (χ2n) is 3.96. The Labute approximate surface area is 185 Å². The third kappa shape index (κ3) is 23.8. The number of ether oxygens (including phenoxy) is 4. The fourth-order valence-corrected chi connectivity index (χ4v) is 1.02. The number of nitrogens with one attached hydrogen (secondary N) is 4. The average Bonchev–Trinajstić information content (AvgIpc) is 2.61. The first kappa shape index (κ1) is 30.5. The molecule has 16 heteroatoms. The summed E-state index contributed by atoms with van der Waals surface area (Å²) < 4.78 is 18.1. The minimum Gasteiger partial charge on any atom is -0.464 e. The van der Waals surface area contributed by atoms with Gasteiger partial charge >= 0.3 is 24.1 Å². The van der Waals surface area contributed by atoms with Crippen LogP contribution in [0.3, 0.4) is 0 Å². The SMILES string of the molecule is [CH2-]NCC(=O)OCOC(=O)NCNC(=O)OCOC(=O)CNCC.[N-]=[N+]=[N-].[Y]. The van der Waals surface area contributed by atoms with E-state index in [1.165, 1.54) is 4.91 Å². The molecular formula is C12H21N7O8Y-2. The Morgan fingerprint density at radius 1 is 0.893 bits per heavy atom. The van der Waals surface area contributed by atoms with E-state index in [4.69, 9.17) is 11.1 Å². The maximum Gasteiger partial charge on any atom is 0.411 e. The summed E-state index contributed by atoms with van der Waals surface area (Å²) in [5.41, 5.74) is 13.5. The van der Waals surface area contributed by atoms with Crippen molar-refractivity contribution < 1.29 is 70.8 Å². The van der Waals surface area contributed by atoms with Gasteiger partial charge in [-0.1, -0.05) is 6.92 Å². The van der Waals surface area contributed by atoms with Gasteiger partial charge in [-0.25, -0.2) is 9.59 Å². The molecule has 0 saturated carbocycles. The number of amides is 2. The van der Waals surface area contributed by atoms with Crippen molar-refractivity contribution in [3.05, 3.63) is 23.0 Å². The molecule has 0 saturated heterocycles. The van der Waals surface area contributed by atoms with E-state index < -0.39 is 37.7 Å². The molecule has 0 aromatic carbocycles. The third-order valence-electron chi connectivity index (χ3n) is 2.07. The van der Waals surface area contributed by atoms with Crippen molar-refractivity contribution in [2.24, 2.45) is 0 Å². The van der Waals surface area contributed by atoms with Gasteiger partial charge in [-0.2, -0.15) is 0 Å². The first-order valence-corrected chi connectivity index (χ1v) is 7.22. The molecule has 28 heavy (non-hydrogen) atoms. The molecule has 0 heterocycles. The van der Waals surface area contributed by atoms with Crippen LogP contribution in [0, 0.1) is 7.05 Å². The monoisotopic (exact) mass is 480 g/mol. The molecule has 4 N–H and O–H groups in total. The van der Waals surface area contributed by atoms with Crippen molar-refractivity contribution in [2.75, 3.05) is 39.9 Å². The maximum absolute atomic E-state index is 11.2. The zero-order valence-electron chi connectivity index (χ0n) is 15.1. The van der Waals surface area contributed by atoms with E-state index in [0.29, 0.717) is 6.54 Å². The largest absolute Gasteiger partial charge is 0.464 e. The van der Waals surface area contributed by atoms with Crippen LogP contribution in [0.5, 0.6) is 0 Å². The van der Waals surface area contributed by atoms with E-state index >= 15 is 0 Å². The smallest absolute Gasteiger partial charge is 0.411 e. The van der Waals surface area contributed by atoms with Gasteiger partial charge in [0.2, 0.25) is 13.6 Å². The Hall–Kier alpha value is -2.19. The number of nitrogens with zero attached hydrogens (tertiary/aromatic N) is 3. The van der Waals surface area contributed by atoms with Crippen molar-refractivity contribution in [3.8, 4) is 0 Å². The van der Waals surface area contributed by atoms with Gasteiger partial charge in [0.1, 0.15) is 0 Å². The van der Waals surface area contributed by atoms with Gasteiger partial charge in [0.25, 0.3) is 0 Å². The molecule has 0 aromatic rings. The van der Waals surface area contributed by atoms with E-state index in [-0.39, 0.29) is 52.5 Å². The van der Waals surface area contributed by atoms with Crippen molar-refractivity contribution in [3.63, 3.8) is 0 Å². The number of alkyl carbamates (subject to hydrolysis) is 2. The molecule has 0 fully saturated rings. The molecule has 0 aliphatic heterocycles. The van der Waals surface area contributed by atoms with Crippen LogP contribution in [-0.2, 0) is 61.2 Å². The summed E-state index contributed by atoms with van der Waals surface area (Å²) in [4.78, 5) is 45.8. The summed E-state index contributed by atoms with van der Waals surface area (Å²) in [5, 5.41) is 9.32. The van der Waals surface area contributed by atoms with Gasteiger partial charge in [-0.3, -0.25) is 21.5 Å². The molecule has 2 amide bonds. The summed E-state index contributed by atoms with van der Waals surface area (Å²) in [6.45, 7) is 0.845. The zero-order valence-corrected chi connectivity index (χ0v) is 18.0. The Kier molecular flexibility index (Phi) is 24.9. The number of rotatable bonds is 11. The van der Waals surface area contributed by atoms with Crippen LogP contribution in [-0.4, -0.2) is 64.0 Å². The minimum atomic E-state index is -0.928. The summed E-state index contributed by atoms with van der Waals surface area (Å²) in [5.74, 6) is -1.22. The van der Waals surface area contributed by atoms with Crippen LogP contribution in [0.25, 0.3) is 16.0 Å². The fourth-order valence-electron chi connectivity index (χ4n) is 1.02. The second kappa shape index (κ2) is 22.9. The molecule has 0 aromatic heterocycles. The number of esters is 2. The maximum atomic E-state index is 11.2. The predicted octanol–water partition coefficient (Wildman–Crippen LogP) is -0.748. The Morgan fingerprint density at radius 3 is 1.71 bits per heavy atom. The summed E-state index contributed by atoms with van der Waals surface area (Å²) in [7, 11) is 3.22. The molecule has 15 nitrogen and oxygen atoms in total. The summed E-state index contributed by atoms with van der Waals surface area (Å²) in [6.07, 6.45) is -1.85. The normalized spacial score (nSPS) is 8.50. The Bertz CT molecular complexity index is 502. The minimum absolute atomic E-state index is 0.